The van der Waals surface area contributed by atoms with E-state index in [4.69, 9.17) is 13.9 Å². The molecule has 0 aliphatic heterocycles. The second-order valence-corrected chi connectivity index (χ2v) is 10.6. The molecule has 0 spiro atoms. The topological polar surface area (TPSA) is 69.0 Å². The minimum absolute atomic E-state index is 0.0964. The number of furan rings is 1. The number of carbonyl (C=O) groups is 2. The Morgan fingerprint density at radius 2 is 1.71 bits per heavy atom. The number of ketones is 1. The largest absolute Gasteiger partial charge is 0.490 e. The van der Waals surface area contributed by atoms with Crippen LogP contribution in [0.3, 0.4) is 0 Å². The van der Waals surface area contributed by atoms with E-state index in [9.17, 15) is 9.59 Å². The highest BCUT2D eigenvalue weighted by molar-refractivity contribution is 14.1. The third-order valence-corrected chi connectivity index (χ3v) is 7.52. The van der Waals surface area contributed by atoms with Crippen molar-refractivity contribution in [2.24, 2.45) is 0 Å². The average molecular weight is 703 g/mol. The predicted molar refractivity (Wildman–Crippen MR) is 154 cm³/mol. The molecule has 35 heavy (non-hydrogen) atoms. The van der Waals surface area contributed by atoms with E-state index in [0.29, 0.717) is 34.5 Å². The normalized spacial score (nSPS) is 12.2. The number of halogens is 2. The number of para-hydroxylation sites is 1. The summed E-state index contributed by atoms with van der Waals surface area (Å²) in [5.41, 5.74) is 1.50. The van der Waals surface area contributed by atoms with E-state index in [1.807, 2.05) is 44.2 Å². The molecule has 0 aliphatic carbocycles. The third-order valence-electron chi connectivity index (χ3n) is 5.92. The molecule has 0 fully saturated rings. The number of benzene rings is 2. The Morgan fingerprint density at radius 3 is 2.34 bits per heavy atom. The maximum absolute atomic E-state index is 13.7. The van der Waals surface area contributed by atoms with Gasteiger partial charge in [-0.3, -0.25) is 9.59 Å². The zero-order valence-corrected chi connectivity index (χ0v) is 24.8. The van der Waals surface area contributed by atoms with Gasteiger partial charge in [-0.25, -0.2) is 0 Å². The van der Waals surface area contributed by atoms with Gasteiger partial charge in [0, 0.05) is 17.5 Å². The molecular formula is C27H31I2NO5. The monoisotopic (exact) mass is 703 g/mol. The molecule has 1 unspecified atom stereocenters. The van der Waals surface area contributed by atoms with Crippen molar-refractivity contribution in [3.8, 4) is 5.75 Å². The Morgan fingerprint density at radius 1 is 1.06 bits per heavy atom. The van der Waals surface area contributed by atoms with Crippen molar-refractivity contribution in [3.63, 3.8) is 0 Å². The Balaban J connectivity index is 1.90. The average Bonchev–Trinajstić information content (AvgIpc) is 3.19. The quantitative estimate of drug-likeness (QED) is 0.122. The number of carbonyl (C=O) groups excluding carboxylic acids is 2. The first-order valence-electron chi connectivity index (χ1n) is 11.9. The number of esters is 1. The van der Waals surface area contributed by atoms with Crippen LogP contribution in [0.1, 0.15) is 55.8 Å². The van der Waals surface area contributed by atoms with Crippen molar-refractivity contribution in [2.45, 2.75) is 46.6 Å². The van der Waals surface area contributed by atoms with Gasteiger partial charge in [-0.1, -0.05) is 39.0 Å². The summed E-state index contributed by atoms with van der Waals surface area (Å²) in [4.78, 5) is 28.5. The van der Waals surface area contributed by atoms with E-state index in [0.717, 1.165) is 38.9 Å². The van der Waals surface area contributed by atoms with E-state index < -0.39 is 5.97 Å². The van der Waals surface area contributed by atoms with Gasteiger partial charge in [0.1, 0.15) is 30.1 Å². The number of rotatable bonds is 12. The molecule has 3 rings (SSSR count). The number of nitrogens with zero attached hydrogens (tertiary/aromatic N) is 1. The van der Waals surface area contributed by atoms with Gasteiger partial charge in [0.15, 0.2) is 5.78 Å². The molecule has 2 aromatic carbocycles. The van der Waals surface area contributed by atoms with Gasteiger partial charge < -0.3 is 18.8 Å². The SMILES string of the molecule is CCC(C)OC(=O)Cc1oc2ccccc2c1C(=O)c1cc(I)c(OCCN(CC)CC)c(I)c1. The van der Waals surface area contributed by atoms with E-state index in [1.165, 1.54) is 0 Å². The van der Waals surface area contributed by atoms with E-state index in [1.54, 1.807) is 6.07 Å². The van der Waals surface area contributed by atoms with Gasteiger partial charge in [0.25, 0.3) is 0 Å². The summed E-state index contributed by atoms with van der Waals surface area (Å²) in [7, 11) is 0. The fourth-order valence-corrected chi connectivity index (χ4v) is 5.82. The molecule has 0 bridgehead atoms. The molecule has 0 amide bonds. The van der Waals surface area contributed by atoms with Gasteiger partial charge in [-0.05, 0) is 89.8 Å². The number of hydrogen-bond donors (Lipinski definition) is 0. The summed E-state index contributed by atoms with van der Waals surface area (Å²) in [6.45, 7) is 11.4. The third kappa shape index (κ3) is 6.97. The number of likely N-dealkylation sites (N-methyl/N-ethyl adjacent to an activating group) is 1. The molecule has 8 heteroatoms. The van der Waals surface area contributed by atoms with E-state index >= 15 is 0 Å². The zero-order chi connectivity index (χ0) is 25.5. The molecule has 0 radical (unpaired) electrons. The van der Waals surface area contributed by atoms with Crippen LogP contribution in [0.4, 0.5) is 0 Å². The van der Waals surface area contributed by atoms with Crippen LogP contribution >= 0.6 is 45.2 Å². The van der Waals surface area contributed by atoms with Gasteiger partial charge in [0.05, 0.1) is 18.8 Å². The lowest BCUT2D eigenvalue weighted by molar-refractivity contribution is -0.147. The summed E-state index contributed by atoms with van der Waals surface area (Å²) in [5.74, 6) is 0.513. The second kappa shape index (κ2) is 13.0. The molecule has 0 saturated carbocycles. The van der Waals surface area contributed by atoms with Crippen molar-refractivity contribution in [3.05, 3.63) is 60.4 Å². The zero-order valence-electron chi connectivity index (χ0n) is 20.5. The molecule has 0 N–H and O–H groups in total. The summed E-state index contributed by atoms with van der Waals surface area (Å²) in [6, 6.07) is 11.0. The molecule has 1 atom stereocenters. The van der Waals surface area contributed by atoms with Crippen LogP contribution in [0.5, 0.6) is 5.75 Å². The summed E-state index contributed by atoms with van der Waals surface area (Å²) >= 11 is 4.42. The Kier molecular flexibility index (Phi) is 10.4. The molecule has 6 nitrogen and oxygen atoms in total. The number of hydrogen-bond acceptors (Lipinski definition) is 6. The fourth-order valence-electron chi connectivity index (χ4n) is 3.74. The maximum atomic E-state index is 13.7. The van der Waals surface area contributed by atoms with Crippen LogP contribution in [-0.2, 0) is 16.0 Å². The van der Waals surface area contributed by atoms with E-state index in [-0.39, 0.29) is 18.3 Å². The first-order chi connectivity index (χ1) is 16.8. The van der Waals surface area contributed by atoms with Crippen molar-refractivity contribution in [2.75, 3.05) is 26.2 Å². The standard InChI is InChI=1S/C27H31I2NO5/c1-5-17(4)34-24(31)16-23-25(19-10-8-9-11-22(19)35-23)26(32)18-14-20(28)27(21(29)15-18)33-13-12-30(6-2)7-3/h8-11,14-15,17H,5-7,12-13,16H2,1-4H3. The first kappa shape index (κ1) is 27.9. The highest BCUT2D eigenvalue weighted by Crippen LogP contribution is 2.33. The van der Waals surface area contributed by atoms with Gasteiger partial charge >= 0.3 is 5.97 Å². The summed E-state index contributed by atoms with van der Waals surface area (Å²) < 4.78 is 19.2. The molecule has 0 saturated heterocycles. The van der Waals surface area contributed by atoms with Crippen LogP contribution in [0.15, 0.2) is 40.8 Å². The van der Waals surface area contributed by atoms with Crippen LogP contribution < -0.4 is 4.74 Å². The lowest BCUT2D eigenvalue weighted by atomic mass is 9.99. The highest BCUT2D eigenvalue weighted by Gasteiger charge is 2.26. The lowest BCUT2D eigenvalue weighted by Gasteiger charge is -2.19. The lowest BCUT2D eigenvalue weighted by Crippen LogP contribution is -2.28. The van der Waals surface area contributed by atoms with Crippen LogP contribution in [0.25, 0.3) is 11.0 Å². The molecule has 1 heterocycles. The first-order valence-corrected chi connectivity index (χ1v) is 14.0. The summed E-state index contributed by atoms with van der Waals surface area (Å²) in [5, 5.41) is 0.688. The Bertz CT molecular complexity index is 1160. The van der Waals surface area contributed by atoms with Gasteiger partial charge in [0.2, 0.25) is 0 Å². The van der Waals surface area contributed by atoms with Crippen molar-refractivity contribution in [1.29, 1.82) is 0 Å². The molecule has 1 aromatic heterocycles. The Labute approximate surface area is 234 Å². The number of ether oxygens (including phenoxy) is 2. The second-order valence-electron chi connectivity index (χ2n) is 8.26. The van der Waals surface area contributed by atoms with E-state index in [2.05, 4.69) is 63.9 Å². The molecule has 0 aliphatic rings. The summed E-state index contributed by atoms with van der Waals surface area (Å²) in [6.07, 6.45) is 0.432. The molecular weight excluding hydrogens is 672 g/mol. The van der Waals surface area contributed by atoms with Crippen molar-refractivity contribution < 1.29 is 23.5 Å². The van der Waals surface area contributed by atoms with Crippen LogP contribution in [-0.4, -0.2) is 49.0 Å². The number of fused-ring (bicyclic) bond motifs is 1. The van der Waals surface area contributed by atoms with Gasteiger partial charge in [-0.2, -0.15) is 0 Å². The van der Waals surface area contributed by atoms with Gasteiger partial charge in [-0.15, -0.1) is 0 Å². The maximum Gasteiger partial charge on any atom is 0.313 e. The van der Waals surface area contributed by atoms with Crippen LogP contribution in [0.2, 0.25) is 0 Å². The molecule has 188 valence electrons. The minimum atomic E-state index is -0.409. The van der Waals surface area contributed by atoms with Crippen molar-refractivity contribution >= 4 is 67.9 Å². The Hall–Kier alpha value is -1.66. The predicted octanol–water partition coefficient (Wildman–Crippen LogP) is 6.48. The highest BCUT2D eigenvalue weighted by atomic mass is 127. The smallest absolute Gasteiger partial charge is 0.313 e. The fraction of sp³-hybridized carbons (Fsp3) is 0.407. The van der Waals surface area contributed by atoms with Crippen molar-refractivity contribution in [1.82, 2.24) is 4.90 Å². The minimum Gasteiger partial charge on any atom is -0.490 e. The van der Waals surface area contributed by atoms with Crippen LogP contribution in [0, 0.1) is 7.14 Å². The molecule has 3 aromatic rings.